The van der Waals surface area contributed by atoms with Crippen LogP contribution in [0.25, 0.3) is 0 Å². The molecule has 120 valence electrons. The number of urea groups is 1. The Morgan fingerprint density at radius 2 is 2.22 bits per heavy atom. The zero-order chi connectivity index (χ0) is 16.2. The lowest BCUT2D eigenvalue weighted by molar-refractivity contribution is -0.124. The highest BCUT2D eigenvalue weighted by Crippen LogP contribution is 2.23. The molecule has 2 aromatic rings. The molecule has 0 bridgehead atoms. The van der Waals surface area contributed by atoms with Crippen molar-refractivity contribution in [1.29, 1.82) is 0 Å². The van der Waals surface area contributed by atoms with Crippen LogP contribution in [0.3, 0.4) is 0 Å². The highest BCUT2D eigenvalue weighted by Gasteiger charge is 2.31. The SMILES string of the molecule is CCc1cc(NC(=O)N2CC(=O)NCC2c2ccccc2)no1. The molecule has 1 fully saturated rings. The Hall–Kier alpha value is -2.83. The molecule has 0 saturated carbocycles. The van der Waals surface area contributed by atoms with E-state index in [1.54, 1.807) is 6.07 Å². The Bertz CT molecular complexity index is 698. The van der Waals surface area contributed by atoms with Crippen molar-refractivity contribution in [3.8, 4) is 0 Å². The molecule has 1 aromatic carbocycles. The first kappa shape index (κ1) is 15.1. The summed E-state index contributed by atoms with van der Waals surface area (Å²) in [4.78, 5) is 25.7. The molecule has 7 nitrogen and oxygen atoms in total. The topological polar surface area (TPSA) is 87.5 Å². The van der Waals surface area contributed by atoms with E-state index in [9.17, 15) is 9.59 Å². The third-order valence-corrected chi connectivity index (χ3v) is 3.77. The Labute approximate surface area is 133 Å². The van der Waals surface area contributed by atoms with Gasteiger partial charge in [-0.15, -0.1) is 0 Å². The zero-order valence-corrected chi connectivity index (χ0v) is 12.8. The monoisotopic (exact) mass is 314 g/mol. The van der Waals surface area contributed by atoms with Gasteiger partial charge in [0, 0.05) is 19.0 Å². The van der Waals surface area contributed by atoms with Crippen LogP contribution in [0, 0.1) is 0 Å². The largest absolute Gasteiger partial charge is 0.359 e. The van der Waals surface area contributed by atoms with Crippen LogP contribution in [0.2, 0.25) is 0 Å². The minimum absolute atomic E-state index is 0.00385. The van der Waals surface area contributed by atoms with Gasteiger partial charge in [0.05, 0.1) is 6.04 Å². The van der Waals surface area contributed by atoms with Crippen LogP contribution in [0.1, 0.15) is 24.3 Å². The van der Waals surface area contributed by atoms with E-state index in [0.29, 0.717) is 24.5 Å². The molecule has 2 N–H and O–H groups in total. The Morgan fingerprint density at radius 1 is 1.43 bits per heavy atom. The number of benzene rings is 1. The predicted octanol–water partition coefficient (Wildman–Crippen LogP) is 1.94. The number of carbonyl (C=O) groups excluding carboxylic acids is 2. The highest BCUT2D eigenvalue weighted by molar-refractivity contribution is 5.92. The van der Waals surface area contributed by atoms with Gasteiger partial charge in [-0.05, 0) is 5.56 Å². The summed E-state index contributed by atoms with van der Waals surface area (Å²) in [7, 11) is 0. The van der Waals surface area contributed by atoms with Crippen molar-refractivity contribution in [2.45, 2.75) is 19.4 Å². The minimum Gasteiger partial charge on any atom is -0.359 e. The van der Waals surface area contributed by atoms with Gasteiger partial charge in [0.15, 0.2) is 5.82 Å². The van der Waals surface area contributed by atoms with E-state index in [2.05, 4.69) is 15.8 Å². The fourth-order valence-electron chi connectivity index (χ4n) is 2.55. The second-order valence-corrected chi connectivity index (χ2v) is 5.32. The van der Waals surface area contributed by atoms with Crippen LogP contribution in [-0.4, -0.2) is 35.1 Å². The number of hydrogen-bond acceptors (Lipinski definition) is 4. The number of rotatable bonds is 3. The van der Waals surface area contributed by atoms with E-state index in [1.165, 1.54) is 4.90 Å². The summed E-state index contributed by atoms with van der Waals surface area (Å²) in [6.45, 7) is 2.33. The van der Waals surface area contributed by atoms with Crippen molar-refractivity contribution in [1.82, 2.24) is 15.4 Å². The number of nitrogens with one attached hydrogen (secondary N) is 2. The summed E-state index contributed by atoms with van der Waals surface area (Å²) in [6.07, 6.45) is 0.696. The van der Waals surface area contributed by atoms with Crippen molar-refractivity contribution < 1.29 is 14.1 Å². The van der Waals surface area contributed by atoms with E-state index in [-0.39, 0.29) is 24.5 Å². The van der Waals surface area contributed by atoms with E-state index < -0.39 is 0 Å². The summed E-state index contributed by atoms with van der Waals surface area (Å²) in [5.41, 5.74) is 0.969. The molecule has 7 heteroatoms. The number of piperazine rings is 1. The van der Waals surface area contributed by atoms with E-state index >= 15 is 0 Å². The number of hydrogen-bond donors (Lipinski definition) is 2. The first-order chi connectivity index (χ1) is 11.2. The summed E-state index contributed by atoms with van der Waals surface area (Å²) in [5, 5.41) is 9.29. The second kappa shape index (κ2) is 6.51. The highest BCUT2D eigenvalue weighted by atomic mass is 16.5. The maximum atomic E-state index is 12.5. The van der Waals surface area contributed by atoms with Gasteiger partial charge in [-0.25, -0.2) is 4.79 Å². The molecule has 3 amide bonds. The minimum atomic E-state index is -0.371. The molecule has 2 heterocycles. The molecule has 1 unspecified atom stereocenters. The van der Waals surface area contributed by atoms with Gasteiger partial charge >= 0.3 is 6.03 Å². The van der Waals surface area contributed by atoms with Crippen LogP contribution in [0.15, 0.2) is 40.9 Å². The van der Waals surface area contributed by atoms with Gasteiger partial charge in [-0.3, -0.25) is 10.1 Å². The molecule has 0 spiro atoms. The first-order valence-electron chi connectivity index (χ1n) is 7.52. The second-order valence-electron chi connectivity index (χ2n) is 5.32. The van der Waals surface area contributed by atoms with Crippen LogP contribution < -0.4 is 10.6 Å². The van der Waals surface area contributed by atoms with E-state index in [4.69, 9.17) is 4.52 Å². The lowest BCUT2D eigenvalue weighted by Gasteiger charge is -2.35. The number of aryl methyl sites for hydroxylation is 1. The van der Waals surface area contributed by atoms with Gasteiger partial charge in [0.1, 0.15) is 12.3 Å². The van der Waals surface area contributed by atoms with E-state index in [1.807, 2.05) is 37.3 Å². The first-order valence-corrected chi connectivity index (χ1v) is 7.52. The molecule has 1 aromatic heterocycles. The Morgan fingerprint density at radius 3 is 2.91 bits per heavy atom. The molecule has 23 heavy (non-hydrogen) atoms. The molecule has 1 atom stereocenters. The quantitative estimate of drug-likeness (QED) is 0.906. The van der Waals surface area contributed by atoms with Crippen LogP contribution >= 0.6 is 0 Å². The lowest BCUT2D eigenvalue weighted by Crippen LogP contribution is -2.53. The Kier molecular flexibility index (Phi) is 4.27. The number of anilines is 1. The van der Waals surface area contributed by atoms with Crippen molar-refractivity contribution in [3.63, 3.8) is 0 Å². The van der Waals surface area contributed by atoms with Gasteiger partial charge < -0.3 is 14.7 Å². The molecule has 0 aliphatic carbocycles. The predicted molar refractivity (Wildman–Crippen MR) is 83.8 cm³/mol. The lowest BCUT2D eigenvalue weighted by atomic mass is 10.0. The van der Waals surface area contributed by atoms with Gasteiger partial charge in [0.2, 0.25) is 5.91 Å². The number of carbonyl (C=O) groups is 2. The molecule has 3 rings (SSSR count). The molecule has 1 aliphatic rings. The maximum absolute atomic E-state index is 12.5. The number of aromatic nitrogens is 1. The summed E-state index contributed by atoms with van der Waals surface area (Å²) in [6, 6.07) is 10.7. The maximum Gasteiger partial charge on any atom is 0.324 e. The normalized spacial score (nSPS) is 17.7. The molecular weight excluding hydrogens is 296 g/mol. The summed E-state index contributed by atoms with van der Waals surface area (Å²) >= 11 is 0. The Balaban J connectivity index is 1.78. The zero-order valence-electron chi connectivity index (χ0n) is 12.8. The van der Waals surface area contributed by atoms with Gasteiger partial charge in [-0.2, -0.15) is 0 Å². The number of nitrogens with zero attached hydrogens (tertiary/aromatic N) is 2. The van der Waals surface area contributed by atoms with Crippen molar-refractivity contribution in [2.24, 2.45) is 0 Å². The fraction of sp³-hybridized carbons (Fsp3) is 0.312. The molecule has 1 aliphatic heterocycles. The standard InChI is InChI=1S/C16H18N4O3/c1-2-12-8-14(19-23-12)18-16(22)20-10-15(21)17-9-13(20)11-6-4-3-5-7-11/h3-8,13H,2,9-10H2,1H3,(H,17,21)(H,18,19,22). The van der Waals surface area contributed by atoms with Crippen molar-refractivity contribution in [3.05, 3.63) is 47.7 Å². The van der Waals surface area contributed by atoms with Crippen molar-refractivity contribution >= 4 is 17.8 Å². The third kappa shape index (κ3) is 3.33. The van der Waals surface area contributed by atoms with Crippen LogP contribution in [0.4, 0.5) is 10.6 Å². The summed E-state index contributed by atoms with van der Waals surface area (Å²) in [5.74, 6) is 0.864. The van der Waals surface area contributed by atoms with Gasteiger partial charge in [-0.1, -0.05) is 42.4 Å². The average molecular weight is 314 g/mol. The smallest absolute Gasteiger partial charge is 0.324 e. The van der Waals surface area contributed by atoms with Crippen LogP contribution in [-0.2, 0) is 11.2 Å². The molecular formula is C16H18N4O3. The van der Waals surface area contributed by atoms with Crippen molar-refractivity contribution in [2.75, 3.05) is 18.4 Å². The number of amides is 3. The van der Waals surface area contributed by atoms with Gasteiger partial charge in [0.25, 0.3) is 0 Å². The summed E-state index contributed by atoms with van der Waals surface area (Å²) < 4.78 is 5.07. The third-order valence-electron chi connectivity index (χ3n) is 3.77. The van der Waals surface area contributed by atoms with E-state index in [0.717, 1.165) is 5.56 Å². The molecule has 0 radical (unpaired) electrons. The molecule has 1 saturated heterocycles. The van der Waals surface area contributed by atoms with Crippen LogP contribution in [0.5, 0.6) is 0 Å². The fourth-order valence-corrected chi connectivity index (χ4v) is 2.55. The average Bonchev–Trinajstić information content (AvgIpc) is 3.03.